The molecule has 0 saturated carbocycles. The molecule has 0 saturated heterocycles. The number of hydrogen-bond donors (Lipinski definition) is 0. The number of benzene rings is 14. The molecule has 0 fully saturated rings. The molecule has 0 bridgehead atoms. The molecule has 0 radical (unpaired) electrons. The summed E-state index contributed by atoms with van der Waals surface area (Å²) in [5.41, 5.74) is 29.2. The van der Waals surface area contributed by atoms with Crippen molar-refractivity contribution >= 4 is 97.2 Å². The van der Waals surface area contributed by atoms with Crippen molar-refractivity contribution in [1.82, 2.24) is 0 Å². The molecule has 0 aliphatic heterocycles. The lowest BCUT2D eigenvalue weighted by Crippen LogP contribution is -2.23. The van der Waals surface area contributed by atoms with Gasteiger partial charge in [-0.3, -0.25) is 0 Å². The Bertz CT molecular complexity index is 5690. The van der Waals surface area contributed by atoms with E-state index >= 15 is 0 Å². The van der Waals surface area contributed by atoms with Crippen LogP contribution in [0.1, 0.15) is 131 Å². The standard InChI is InChI=1S/C47H34.C29H23Br.C18H11Br/c1-3-47(4-2)40-23-12-11-19-34(40)35-26-25-31(28-41(35)47)42-43-33-18-8-6-15-30(33)24-27-39(43)46-44(37-20-9-10-21-38(37)45(42)46)36-22-13-16-29-14-5-7-17-32(29)36;1-3-29(4-2)26-12-8-7-11-23(26)24-16-13-20(19-27(24)29)14-17-25-22-10-6-5-9-21(22)15-18-28(25)30;19-18-11-4-2-7-16(18)13-12-15-9-5-8-14-6-1-3-10-17(14)15/h5-28H,3-4H2,1-2H3;5-13,15-16,18-19H,3-4H2,1-2H3;1-11H. The normalized spacial score (nSPS) is 13.6. The van der Waals surface area contributed by atoms with Gasteiger partial charge in [0.15, 0.2) is 0 Å². The van der Waals surface area contributed by atoms with Gasteiger partial charge in [-0.05, 0) is 243 Å². The SMILES string of the molecule is Brc1ccccc1C#Cc1cccc2ccccc12.CCC1(CC)c2ccccc2-c2ccc(C#Cc3c(Br)ccc4ccccc34)cc21.CCC1(CC)c2ccccc2-c2ccc(C3=C4C(=C(c5cccc6ccccc56)c5ccccc54)c4ccc5ccccc5c43)cc21. The van der Waals surface area contributed by atoms with Crippen LogP contribution in [-0.2, 0) is 10.8 Å². The van der Waals surface area contributed by atoms with Crippen molar-refractivity contribution in [1.29, 1.82) is 0 Å². The molecule has 0 aromatic heterocycles. The van der Waals surface area contributed by atoms with Crippen molar-refractivity contribution in [2.45, 2.75) is 64.2 Å². The van der Waals surface area contributed by atoms with E-state index in [0.29, 0.717) is 0 Å². The number of halogens is 2. The Hall–Kier alpha value is -10.3. The first-order valence-corrected chi connectivity index (χ1v) is 35.4. The highest BCUT2D eigenvalue weighted by Crippen LogP contribution is 2.62. The van der Waals surface area contributed by atoms with Crippen LogP contribution in [0.15, 0.2) is 300 Å². The van der Waals surface area contributed by atoms with Crippen molar-refractivity contribution in [3.05, 3.63) is 378 Å². The first-order valence-electron chi connectivity index (χ1n) is 33.8. The minimum atomic E-state index is 0.0215. The van der Waals surface area contributed by atoms with Crippen LogP contribution in [0.3, 0.4) is 0 Å². The highest BCUT2D eigenvalue weighted by atomic mass is 79.9. The molecule has 18 rings (SSSR count). The summed E-state index contributed by atoms with van der Waals surface area (Å²) in [5, 5.41) is 10.0. The topological polar surface area (TPSA) is 0 Å². The Kier molecular flexibility index (Phi) is 15.9. The third kappa shape index (κ3) is 9.96. The molecule has 14 aromatic rings. The maximum atomic E-state index is 3.70. The minimum absolute atomic E-state index is 0.0215. The number of allylic oxidation sites excluding steroid dienone is 2. The van der Waals surface area contributed by atoms with Crippen molar-refractivity contribution < 1.29 is 0 Å². The fourth-order valence-corrected chi connectivity index (χ4v) is 17.3. The van der Waals surface area contributed by atoms with Crippen LogP contribution >= 0.6 is 31.9 Å². The van der Waals surface area contributed by atoms with Gasteiger partial charge in [-0.1, -0.05) is 300 Å². The maximum absolute atomic E-state index is 3.70. The molecule has 4 aliphatic carbocycles. The summed E-state index contributed by atoms with van der Waals surface area (Å²) in [6.45, 7) is 9.35. The molecule has 458 valence electrons. The average molecular weight is 1360 g/mol. The van der Waals surface area contributed by atoms with Gasteiger partial charge in [0.2, 0.25) is 0 Å². The molecule has 0 unspecified atom stereocenters. The second kappa shape index (κ2) is 25.1. The third-order valence-electron chi connectivity index (χ3n) is 21.2. The van der Waals surface area contributed by atoms with E-state index in [2.05, 4.69) is 332 Å². The van der Waals surface area contributed by atoms with Crippen LogP contribution in [-0.4, -0.2) is 0 Å². The van der Waals surface area contributed by atoms with E-state index in [9.17, 15) is 0 Å². The monoisotopic (exact) mass is 1350 g/mol. The molecular formula is C94H68Br2. The summed E-state index contributed by atoms with van der Waals surface area (Å²) < 4.78 is 2.07. The predicted molar refractivity (Wildman–Crippen MR) is 414 cm³/mol. The van der Waals surface area contributed by atoms with Crippen LogP contribution in [0.5, 0.6) is 0 Å². The molecule has 4 aliphatic rings. The Morgan fingerprint density at radius 1 is 0.271 bits per heavy atom. The first kappa shape index (κ1) is 60.6. The van der Waals surface area contributed by atoms with Crippen LogP contribution in [0, 0.1) is 23.7 Å². The molecule has 96 heavy (non-hydrogen) atoms. The molecule has 0 N–H and O–H groups in total. The van der Waals surface area contributed by atoms with Crippen molar-refractivity contribution in [2.75, 3.05) is 0 Å². The molecule has 0 amide bonds. The molecule has 14 aromatic carbocycles. The Balaban J connectivity index is 0.000000126. The summed E-state index contributed by atoms with van der Waals surface area (Å²) >= 11 is 7.22. The van der Waals surface area contributed by atoms with Gasteiger partial charge >= 0.3 is 0 Å². The van der Waals surface area contributed by atoms with Gasteiger partial charge in [-0.2, -0.15) is 0 Å². The van der Waals surface area contributed by atoms with Crippen molar-refractivity contribution in [2.24, 2.45) is 0 Å². The zero-order valence-corrected chi connectivity index (χ0v) is 57.5. The summed E-state index contributed by atoms with van der Waals surface area (Å²) in [6, 6.07) is 106. The molecule has 0 atom stereocenters. The van der Waals surface area contributed by atoms with Gasteiger partial charge in [0.25, 0.3) is 0 Å². The average Bonchev–Trinajstić information content (AvgIpc) is 1.54. The largest absolute Gasteiger partial charge is 0.0642 e. The lowest BCUT2D eigenvalue weighted by molar-refractivity contribution is 0.490. The van der Waals surface area contributed by atoms with E-state index in [-0.39, 0.29) is 10.8 Å². The van der Waals surface area contributed by atoms with E-state index in [1.54, 1.807) is 0 Å². The van der Waals surface area contributed by atoms with E-state index in [1.165, 1.54) is 143 Å². The zero-order valence-electron chi connectivity index (χ0n) is 54.3. The molecule has 0 heterocycles. The fourth-order valence-electron chi connectivity index (χ4n) is 16.4. The predicted octanol–water partition coefficient (Wildman–Crippen LogP) is 25.4. The van der Waals surface area contributed by atoms with E-state index in [1.807, 2.05) is 42.5 Å². The smallest absolute Gasteiger partial charge is 0.0469 e. The fraction of sp³-hybridized carbons (Fsp3) is 0.106. The first-order chi connectivity index (χ1) is 47.2. The molecular weight excluding hydrogens is 1290 g/mol. The van der Waals surface area contributed by atoms with Crippen LogP contribution in [0.25, 0.3) is 87.6 Å². The Morgan fingerprint density at radius 2 is 0.708 bits per heavy atom. The minimum Gasteiger partial charge on any atom is -0.0642 e. The van der Waals surface area contributed by atoms with Gasteiger partial charge in [-0.25, -0.2) is 0 Å². The quantitative estimate of drug-likeness (QED) is 0.146. The highest BCUT2D eigenvalue weighted by molar-refractivity contribution is 9.10. The lowest BCUT2D eigenvalue weighted by Gasteiger charge is -2.30. The molecule has 0 nitrogen and oxygen atoms in total. The van der Waals surface area contributed by atoms with Crippen LogP contribution < -0.4 is 0 Å². The van der Waals surface area contributed by atoms with E-state index in [0.717, 1.165) is 56.9 Å². The maximum Gasteiger partial charge on any atom is 0.0469 e. The summed E-state index contributed by atoms with van der Waals surface area (Å²) in [6.07, 6.45) is 4.36. The van der Waals surface area contributed by atoms with E-state index in [4.69, 9.17) is 0 Å². The van der Waals surface area contributed by atoms with Crippen molar-refractivity contribution in [3.8, 4) is 45.9 Å². The van der Waals surface area contributed by atoms with Crippen LogP contribution in [0.2, 0.25) is 0 Å². The lowest BCUT2D eigenvalue weighted by atomic mass is 9.73. The zero-order chi connectivity index (χ0) is 65.1. The molecule has 2 heteroatoms. The van der Waals surface area contributed by atoms with Crippen LogP contribution in [0.4, 0.5) is 0 Å². The van der Waals surface area contributed by atoms with Gasteiger partial charge in [-0.15, -0.1) is 0 Å². The molecule has 0 spiro atoms. The summed E-state index contributed by atoms with van der Waals surface area (Å²) in [4.78, 5) is 0. The van der Waals surface area contributed by atoms with Gasteiger partial charge in [0, 0.05) is 42.0 Å². The van der Waals surface area contributed by atoms with Gasteiger partial charge < -0.3 is 0 Å². The third-order valence-corrected chi connectivity index (χ3v) is 22.5. The van der Waals surface area contributed by atoms with Crippen molar-refractivity contribution in [3.63, 3.8) is 0 Å². The summed E-state index contributed by atoms with van der Waals surface area (Å²) in [5.74, 6) is 13.4. The second-order valence-corrected chi connectivity index (χ2v) is 27.3. The summed E-state index contributed by atoms with van der Waals surface area (Å²) in [7, 11) is 0. The number of rotatable bonds is 6. The van der Waals surface area contributed by atoms with Gasteiger partial charge in [0.05, 0.1) is 0 Å². The Labute approximate surface area is 581 Å². The Morgan fingerprint density at radius 3 is 1.38 bits per heavy atom. The number of fused-ring (bicyclic) bond motifs is 16. The highest BCUT2D eigenvalue weighted by Gasteiger charge is 2.44. The van der Waals surface area contributed by atoms with E-state index < -0.39 is 0 Å². The number of hydrogen-bond acceptors (Lipinski definition) is 0. The van der Waals surface area contributed by atoms with Gasteiger partial charge in [0.1, 0.15) is 0 Å². The second-order valence-electron chi connectivity index (χ2n) is 25.6.